The number of methoxy groups -OCH3 is 1. The minimum atomic E-state index is -0.980. The van der Waals surface area contributed by atoms with Gasteiger partial charge in [0.15, 0.2) is 11.5 Å². The number of esters is 2. The summed E-state index contributed by atoms with van der Waals surface area (Å²) in [6.45, 7) is 2.09. The van der Waals surface area contributed by atoms with Gasteiger partial charge in [0, 0.05) is 5.92 Å². The Labute approximate surface area is 162 Å². The summed E-state index contributed by atoms with van der Waals surface area (Å²) in [5.41, 5.74) is 0.672. The van der Waals surface area contributed by atoms with Crippen LogP contribution < -0.4 is 9.47 Å². The highest BCUT2D eigenvalue weighted by molar-refractivity contribution is 5.95. The van der Waals surface area contributed by atoms with Gasteiger partial charge in [-0.15, -0.1) is 0 Å². The molecule has 2 heterocycles. The summed E-state index contributed by atoms with van der Waals surface area (Å²) >= 11 is 0. The lowest BCUT2D eigenvalue weighted by Crippen LogP contribution is -2.45. The molecule has 4 rings (SSSR count). The SMILES string of the molecule is CC[C@]1(c2ccccc2)C(=O)OC(C(=O)OC)=C[C@H]1c1ccc2c(c1)OCO2. The Morgan fingerprint density at radius 3 is 2.61 bits per heavy atom. The van der Waals surface area contributed by atoms with Crippen molar-refractivity contribution in [3.8, 4) is 11.5 Å². The van der Waals surface area contributed by atoms with Gasteiger partial charge in [0.2, 0.25) is 12.6 Å². The zero-order valence-corrected chi connectivity index (χ0v) is 15.6. The highest BCUT2D eigenvalue weighted by Gasteiger charge is 2.51. The molecule has 0 saturated carbocycles. The molecule has 0 amide bonds. The van der Waals surface area contributed by atoms with E-state index in [4.69, 9.17) is 18.9 Å². The first kappa shape index (κ1) is 18.1. The highest BCUT2D eigenvalue weighted by Crippen LogP contribution is 2.49. The van der Waals surface area contributed by atoms with Crippen molar-refractivity contribution in [2.45, 2.75) is 24.7 Å². The van der Waals surface area contributed by atoms with Crippen LogP contribution in [-0.4, -0.2) is 25.8 Å². The highest BCUT2D eigenvalue weighted by atomic mass is 16.7. The first-order chi connectivity index (χ1) is 13.6. The first-order valence-corrected chi connectivity index (χ1v) is 9.07. The van der Waals surface area contributed by atoms with Gasteiger partial charge >= 0.3 is 11.9 Å². The van der Waals surface area contributed by atoms with Crippen molar-refractivity contribution in [3.05, 3.63) is 71.5 Å². The maximum Gasteiger partial charge on any atom is 0.373 e. The average Bonchev–Trinajstić information content (AvgIpc) is 3.21. The first-order valence-electron chi connectivity index (χ1n) is 9.07. The number of cyclic esters (lactones) is 1. The number of carbonyl (C=O) groups is 2. The molecule has 6 nitrogen and oxygen atoms in total. The molecule has 0 bridgehead atoms. The quantitative estimate of drug-likeness (QED) is 0.757. The number of ether oxygens (including phenoxy) is 4. The number of hydrogen-bond acceptors (Lipinski definition) is 6. The molecule has 2 aromatic rings. The van der Waals surface area contributed by atoms with Gasteiger partial charge < -0.3 is 18.9 Å². The third-order valence-electron chi connectivity index (χ3n) is 5.40. The Hall–Kier alpha value is -3.28. The molecule has 0 aromatic heterocycles. The van der Waals surface area contributed by atoms with E-state index < -0.39 is 23.3 Å². The van der Waals surface area contributed by atoms with Crippen LogP contribution in [0, 0.1) is 0 Å². The number of hydrogen-bond donors (Lipinski definition) is 0. The van der Waals surface area contributed by atoms with E-state index in [1.807, 2.05) is 55.5 Å². The van der Waals surface area contributed by atoms with E-state index in [2.05, 4.69) is 0 Å². The maximum absolute atomic E-state index is 13.3. The van der Waals surface area contributed by atoms with Gasteiger partial charge in [-0.05, 0) is 35.8 Å². The Kier molecular flexibility index (Phi) is 4.55. The Morgan fingerprint density at radius 2 is 1.89 bits per heavy atom. The van der Waals surface area contributed by atoms with Gasteiger partial charge in [-0.1, -0.05) is 43.3 Å². The van der Waals surface area contributed by atoms with Crippen molar-refractivity contribution in [1.29, 1.82) is 0 Å². The third kappa shape index (κ3) is 2.72. The second-order valence-corrected chi connectivity index (χ2v) is 6.69. The predicted molar refractivity (Wildman–Crippen MR) is 99.9 cm³/mol. The van der Waals surface area contributed by atoms with Gasteiger partial charge in [0.05, 0.1) is 7.11 Å². The fraction of sp³-hybridized carbons (Fsp3) is 0.273. The predicted octanol–water partition coefficient (Wildman–Crippen LogP) is 3.46. The summed E-state index contributed by atoms with van der Waals surface area (Å²) in [4.78, 5) is 25.4. The molecule has 144 valence electrons. The van der Waals surface area contributed by atoms with Gasteiger partial charge in [0.1, 0.15) is 5.41 Å². The summed E-state index contributed by atoms with van der Waals surface area (Å²) < 4.78 is 21.1. The van der Waals surface area contributed by atoms with E-state index in [9.17, 15) is 9.59 Å². The van der Waals surface area contributed by atoms with Crippen LogP contribution >= 0.6 is 0 Å². The molecular weight excluding hydrogens is 360 g/mol. The number of fused-ring (bicyclic) bond motifs is 1. The van der Waals surface area contributed by atoms with Gasteiger partial charge in [-0.2, -0.15) is 0 Å². The second kappa shape index (κ2) is 7.03. The molecule has 2 atom stereocenters. The lowest BCUT2D eigenvalue weighted by Gasteiger charge is -2.40. The van der Waals surface area contributed by atoms with E-state index >= 15 is 0 Å². The molecule has 0 aliphatic carbocycles. The molecule has 2 aromatic carbocycles. The zero-order valence-electron chi connectivity index (χ0n) is 15.6. The number of allylic oxidation sites excluding steroid dienone is 1. The molecule has 6 heteroatoms. The fourth-order valence-corrected chi connectivity index (χ4v) is 3.94. The van der Waals surface area contributed by atoms with Crippen molar-refractivity contribution in [2.75, 3.05) is 13.9 Å². The van der Waals surface area contributed by atoms with Gasteiger partial charge in [0.25, 0.3) is 0 Å². The summed E-state index contributed by atoms with van der Waals surface area (Å²) in [5, 5.41) is 0. The monoisotopic (exact) mass is 380 g/mol. The summed E-state index contributed by atoms with van der Waals surface area (Å²) in [6.07, 6.45) is 2.15. The standard InChI is InChI=1S/C22H20O6/c1-3-22(15-7-5-4-6-8-15)16(12-19(20(23)25-2)28-21(22)24)14-9-10-17-18(11-14)27-13-26-17/h4-12,16H,3,13H2,1-2H3/t16-,22+/m0/s1. The van der Waals surface area contributed by atoms with Crippen molar-refractivity contribution in [3.63, 3.8) is 0 Å². The number of carbonyl (C=O) groups excluding carboxylic acids is 2. The Balaban J connectivity index is 1.92. The summed E-state index contributed by atoms with van der Waals surface area (Å²) in [7, 11) is 1.26. The Bertz CT molecular complexity index is 949. The van der Waals surface area contributed by atoms with Crippen molar-refractivity contribution < 1.29 is 28.5 Å². The maximum atomic E-state index is 13.3. The number of rotatable bonds is 4. The molecule has 0 fully saturated rings. The van der Waals surface area contributed by atoms with E-state index in [0.29, 0.717) is 17.9 Å². The minimum Gasteiger partial charge on any atom is -0.463 e. The van der Waals surface area contributed by atoms with Crippen LogP contribution in [0.5, 0.6) is 11.5 Å². The third-order valence-corrected chi connectivity index (χ3v) is 5.40. The van der Waals surface area contributed by atoms with E-state index in [-0.39, 0.29) is 12.6 Å². The van der Waals surface area contributed by atoms with Crippen LogP contribution in [0.15, 0.2) is 60.4 Å². The van der Waals surface area contributed by atoms with Gasteiger partial charge in [-0.3, -0.25) is 4.79 Å². The normalized spacial score (nSPS) is 23.0. The molecule has 2 aliphatic heterocycles. The molecular formula is C22H20O6. The largest absolute Gasteiger partial charge is 0.463 e. The molecule has 0 unspecified atom stereocenters. The van der Waals surface area contributed by atoms with Crippen molar-refractivity contribution in [1.82, 2.24) is 0 Å². The van der Waals surface area contributed by atoms with Crippen LogP contribution in [-0.2, 0) is 24.5 Å². The summed E-state index contributed by atoms with van der Waals surface area (Å²) in [6, 6.07) is 15.0. The molecule has 0 spiro atoms. The van der Waals surface area contributed by atoms with Gasteiger partial charge in [-0.25, -0.2) is 4.79 Å². The number of benzene rings is 2. The molecule has 0 N–H and O–H groups in total. The molecule has 2 aliphatic rings. The van der Waals surface area contributed by atoms with Crippen LogP contribution in [0.25, 0.3) is 0 Å². The average molecular weight is 380 g/mol. The molecule has 0 saturated heterocycles. The van der Waals surface area contributed by atoms with Crippen LogP contribution in [0.2, 0.25) is 0 Å². The van der Waals surface area contributed by atoms with E-state index in [1.165, 1.54) is 7.11 Å². The smallest absolute Gasteiger partial charge is 0.373 e. The van der Waals surface area contributed by atoms with Crippen LogP contribution in [0.3, 0.4) is 0 Å². The van der Waals surface area contributed by atoms with Crippen LogP contribution in [0.4, 0.5) is 0 Å². The van der Waals surface area contributed by atoms with Crippen LogP contribution in [0.1, 0.15) is 30.4 Å². The minimum absolute atomic E-state index is 0.102. The zero-order chi connectivity index (χ0) is 19.7. The summed E-state index contributed by atoms with van der Waals surface area (Å²) in [5.74, 6) is -0.438. The van der Waals surface area contributed by atoms with E-state index in [0.717, 1.165) is 11.1 Å². The van der Waals surface area contributed by atoms with E-state index in [1.54, 1.807) is 6.08 Å². The lowest BCUT2D eigenvalue weighted by molar-refractivity contribution is -0.156. The molecule has 28 heavy (non-hydrogen) atoms. The lowest BCUT2D eigenvalue weighted by atomic mass is 9.64. The molecule has 0 radical (unpaired) electrons. The van der Waals surface area contributed by atoms with Crippen molar-refractivity contribution >= 4 is 11.9 Å². The topological polar surface area (TPSA) is 71.1 Å². The second-order valence-electron chi connectivity index (χ2n) is 6.69. The van der Waals surface area contributed by atoms with Crippen molar-refractivity contribution in [2.24, 2.45) is 0 Å². The fourth-order valence-electron chi connectivity index (χ4n) is 3.94. The Morgan fingerprint density at radius 1 is 1.14 bits per heavy atom.